The van der Waals surface area contributed by atoms with E-state index >= 15 is 0 Å². The second-order valence-electron chi connectivity index (χ2n) is 5.46. The predicted molar refractivity (Wildman–Crippen MR) is 112 cm³/mol. The van der Waals surface area contributed by atoms with E-state index < -0.39 is 0 Å². The molecule has 0 fully saturated rings. The summed E-state index contributed by atoms with van der Waals surface area (Å²) in [6.07, 6.45) is 11.6. The molecule has 148 valence electrons. The molecule has 0 radical (unpaired) electrons. The van der Waals surface area contributed by atoms with E-state index in [0.29, 0.717) is 6.54 Å². The molecule has 0 aliphatic carbocycles. The topological polar surface area (TPSA) is 29.5 Å². The van der Waals surface area contributed by atoms with Gasteiger partial charge in [-0.05, 0) is 48.6 Å². The number of hydrogen-bond donors (Lipinski definition) is 0. The molecular weight excluding hydrogens is 341 g/mol. The van der Waals surface area contributed by atoms with Gasteiger partial charge in [-0.1, -0.05) is 57.4 Å². The van der Waals surface area contributed by atoms with E-state index in [2.05, 4.69) is 13.2 Å². The van der Waals surface area contributed by atoms with E-state index in [1.807, 2.05) is 26.0 Å². The Morgan fingerprint density at radius 3 is 2.11 bits per heavy atom. The maximum absolute atomic E-state index is 11.9. The third-order valence-corrected chi connectivity index (χ3v) is 3.65. The van der Waals surface area contributed by atoms with Gasteiger partial charge in [-0.3, -0.25) is 4.79 Å². The Labute approximate surface area is 163 Å². The molecule has 2 heterocycles. The Hall–Kier alpha value is -2.62. The maximum atomic E-state index is 11.9. The molecule has 1 aromatic rings. The molecule has 0 bridgehead atoms. The van der Waals surface area contributed by atoms with Crippen molar-refractivity contribution in [1.82, 2.24) is 4.90 Å². The van der Waals surface area contributed by atoms with Crippen LogP contribution in [0.25, 0.3) is 0 Å². The first kappa shape index (κ1) is 24.4. The number of allylic oxidation sites excluding steroid dienone is 2. The molecule has 0 aromatic heterocycles. The van der Waals surface area contributed by atoms with Gasteiger partial charge in [-0.2, -0.15) is 0 Å². The van der Waals surface area contributed by atoms with Gasteiger partial charge in [0.25, 0.3) is 0 Å². The van der Waals surface area contributed by atoms with E-state index in [9.17, 15) is 9.18 Å². The van der Waals surface area contributed by atoms with Gasteiger partial charge in [0.15, 0.2) is 0 Å². The van der Waals surface area contributed by atoms with Crippen LogP contribution >= 0.6 is 0 Å². The summed E-state index contributed by atoms with van der Waals surface area (Å²) in [6, 6.07) is 7.94. The number of nitrogens with zero attached hydrogens (tertiary/aromatic N) is 1. The van der Waals surface area contributed by atoms with Gasteiger partial charge in [0.05, 0.1) is 12.9 Å². The quantitative estimate of drug-likeness (QED) is 0.638. The minimum absolute atomic E-state index is 0.178. The van der Waals surface area contributed by atoms with Gasteiger partial charge < -0.3 is 9.64 Å². The molecule has 0 unspecified atom stereocenters. The zero-order valence-corrected chi connectivity index (χ0v) is 16.6. The van der Waals surface area contributed by atoms with Crippen molar-refractivity contribution in [2.75, 3.05) is 19.7 Å². The van der Waals surface area contributed by atoms with Crippen molar-refractivity contribution >= 4 is 6.41 Å². The Morgan fingerprint density at radius 1 is 1.11 bits per heavy atom. The summed E-state index contributed by atoms with van der Waals surface area (Å²) in [4.78, 5) is 12.2. The fourth-order valence-electron chi connectivity index (χ4n) is 2.25. The smallest absolute Gasteiger partial charge is 0.210 e. The van der Waals surface area contributed by atoms with Gasteiger partial charge in [-0.25, -0.2) is 4.39 Å². The summed E-state index contributed by atoms with van der Waals surface area (Å²) in [7, 11) is 0. The molecule has 0 N–H and O–H groups in total. The number of ether oxygens (including phenoxy) is 1. The minimum atomic E-state index is -0.178. The second-order valence-corrected chi connectivity index (χ2v) is 5.46. The van der Waals surface area contributed by atoms with Crippen LogP contribution in [0.3, 0.4) is 0 Å². The molecule has 27 heavy (non-hydrogen) atoms. The first-order valence-corrected chi connectivity index (χ1v) is 9.34. The van der Waals surface area contributed by atoms with Gasteiger partial charge in [0.1, 0.15) is 5.82 Å². The van der Waals surface area contributed by atoms with Crippen molar-refractivity contribution in [2.45, 2.75) is 33.1 Å². The summed E-state index contributed by atoms with van der Waals surface area (Å²) >= 11 is 0. The number of carbonyl (C=O) groups is 1. The molecular formula is C23H32FNO2. The highest BCUT2D eigenvalue weighted by Crippen LogP contribution is 2.18. The van der Waals surface area contributed by atoms with Crippen molar-refractivity contribution in [1.29, 1.82) is 0 Å². The zero-order valence-electron chi connectivity index (χ0n) is 16.6. The van der Waals surface area contributed by atoms with Crippen LogP contribution in [0.4, 0.5) is 4.39 Å². The SMILES string of the molecule is C1=COCCC1.C=CC1=C(C=C)CN(C=O)CC1.CC.Fc1ccccc1. The summed E-state index contributed by atoms with van der Waals surface area (Å²) in [5.74, 6) is -0.178. The number of benzene rings is 1. The second kappa shape index (κ2) is 16.8. The van der Waals surface area contributed by atoms with Crippen LogP contribution in [-0.4, -0.2) is 31.0 Å². The Morgan fingerprint density at radius 2 is 1.78 bits per heavy atom. The molecule has 0 saturated heterocycles. The number of amides is 1. The predicted octanol–water partition coefficient (Wildman–Crippen LogP) is 5.68. The lowest BCUT2D eigenvalue weighted by molar-refractivity contribution is -0.117. The number of rotatable bonds is 3. The maximum Gasteiger partial charge on any atom is 0.210 e. The fourth-order valence-corrected chi connectivity index (χ4v) is 2.25. The lowest BCUT2D eigenvalue weighted by atomic mass is 10.0. The average molecular weight is 374 g/mol. The van der Waals surface area contributed by atoms with Crippen LogP contribution in [0, 0.1) is 5.82 Å². The Balaban J connectivity index is 0.000000384. The largest absolute Gasteiger partial charge is 0.502 e. The molecule has 0 atom stereocenters. The first-order chi connectivity index (χ1) is 13.2. The zero-order chi connectivity index (χ0) is 20.3. The van der Waals surface area contributed by atoms with Crippen LogP contribution in [0.15, 0.2) is 79.1 Å². The molecule has 1 aromatic carbocycles. The van der Waals surface area contributed by atoms with Gasteiger partial charge >= 0.3 is 0 Å². The van der Waals surface area contributed by atoms with Crippen LogP contribution in [-0.2, 0) is 9.53 Å². The highest BCUT2D eigenvalue weighted by atomic mass is 19.1. The molecule has 3 rings (SSSR count). The van der Waals surface area contributed by atoms with E-state index in [1.54, 1.807) is 35.4 Å². The van der Waals surface area contributed by atoms with Crippen molar-refractivity contribution in [2.24, 2.45) is 0 Å². The summed E-state index contributed by atoms with van der Waals surface area (Å²) in [5, 5.41) is 0. The molecule has 3 nitrogen and oxygen atoms in total. The van der Waals surface area contributed by atoms with Crippen molar-refractivity contribution in [3.63, 3.8) is 0 Å². The molecule has 2 aliphatic rings. The van der Waals surface area contributed by atoms with Crippen LogP contribution in [0.1, 0.15) is 33.1 Å². The lowest BCUT2D eigenvalue weighted by Crippen LogP contribution is -2.29. The molecule has 4 heteroatoms. The molecule has 0 saturated carbocycles. The average Bonchev–Trinajstić information content (AvgIpc) is 2.77. The van der Waals surface area contributed by atoms with Gasteiger partial charge in [-0.15, -0.1) is 0 Å². The van der Waals surface area contributed by atoms with Crippen LogP contribution < -0.4 is 0 Å². The molecule has 1 amide bonds. The van der Waals surface area contributed by atoms with Gasteiger partial charge in [0, 0.05) is 13.1 Å². The number of hydrogen-bond acceptors (Lipinski definition) is 2. The van der Waals surface area contributed by atoms with Crippen LogP contribution in [0.5, 0.6) is 0 Å². The Bertz CT molecular complexity index is 586. The number of carbonyl (C=O) groups excluding carboxylic acids is 1. The summed E-state index contributed by atoms with van der Waals surface area (Å²) in [6.45, 7) is 13.8. The van der Waals surface area contributed by atoms with E-state index in [4.69, 9.17) is 4.74 Å². The normalized spacial score (nSPS) is 14.7. The number of halogens is 1. The monoisotopic (exact) mass is 373 g/mol. The standard InChI is InChI=1S/C10H13NO.C6H5F.C5H8O.C2H6/c1-3-9-5-6-11(8-12)7-10(9)4-2;7-6-4-2-1-3-5-6;1-2-4-6-5-3-1;1-2/h3-4,8H,1-2,5-7H2;1-5H;2,4H,1,3,5H2;1-2H3. The van der Waals surface area contributed by atoms with E-state index in [1.165, 1.54) is 30.5 Å². The highest BCUT2D eigenvalue weighted by Gasteiger charge is 2.12. The van der Waals surface area contributed by atoms with Crippen molar-refractivity contribution in [3.05, 3.63) is 84.9 Å². The Kier molecular flexibility index (Phi) is 15.2. The summed E-state index contributed by atoms with van der Waals surface area (Å²) < 4.78 is 16.8. The molecule has 2 aliphatic heterocycles. The fraction of sp³-hybridized carbons (Fsp3) is 0.348. The third kappa shape index (κ3) is 11.6. The van der Waals surface area contributed by atoms with E-state index in [0.717, 1.165) is 31.6 Å². The minimum Gasteiger partial charge on any atom is -0.502 e. The lowest BCUT2D eigenvalue weighted by Gasteiger charge is -2.25. The highest BCUT2D eigenvalue weighted by molar-refractivity contribution is 5.50. The third-order valence-electron chi connectivity index (χ3n) is 3.65. The molecule has 0 spiro atoms. The van der Waals surface area contributed by atoms with Gasteiger partial charge in [0.2, 0.25) is 6.41 Å². The summed E-state index contributed by atoms with van der Waals surface area (Å²) in [5.41, 5.74) is 2.33. The first-order valence-electron chi connectivity index (χ1n) is 9.34. The van der Waals surface area contributed by atoms with Crippen LogP contribution in [0.2, 0.25) is 0 Å². The van der Waals surface area contributed by atoms with E-state index in [-0.39, 0.29) is 5.82 Å². The van der Waals surface area contributed by atoms with Crippen molar-refractivity contribution < 1.29 is 13.9 Å². The van der Waals surface area contributed by atoms with Crippen molar-refractivity contribution in [3.8, 4) is 0 Å².